The monoisotopic (exact) mass is 202 g/mol. The standard InChI is InChI=1S/C10H19FN2O/c1-3-13(4-2)9(14)10(11)6-5-7-12-8-10/h12H,3-8H2,1-2H3. The summed E-state index contributed by atoms with van der Waals surface area (Å²) < 4.78 is 14.1. The third-order valence-electron chi connectivity index (χ3n) is 2.77. The van der Waals surface area contributed by atoms with Gasteiger partial charge < -0.3 is 10.2 Å². The van der Waals surface area contributed by atoms with E-state index < -0.39 is 5.67 Å². The molecule has 1 unspecified atom stereocenters. The molecule has 1 aliphatic rings. The second-order valence-corrected chi connectivity index (χ2v) is 3.72. The average Bonchev–Trinajstić information content (AvgIpc) is 2.20. The van der Waals surface area contributed by atoms with E-state index in [1.54, 1.807) is 4.90 Å². The van der Waals surface area contributed by atoms with E-state index in [4.69, 9.17) is 0 Å². The Balaban J connectivity index is 2.64. The maximum atomic E-state index is 14.1. The molecule has 0 aromatic rings. The van der Waals surface area contributed by atoms with Crippen molar-refractivity contribution in [2.75, 3.05) is 26.2 Å². The summed E-state index contributed by atoms with van der Waals surface area (Å²) in [4.78, 5) is 13.4. The molecule has 82 valence electrons. The number of carbonyl (C=O) groups is 1. The summed E-state index contributed by atoms with van der Waals surface area (Å²) in [7, 11) is 0. The molecule has 0 bridgehead atoms. The van der Waals surface area contributed by atoms with Crippen LogP contribution in [0.4, 0.5) is 4.39 Å². The van der Waals surface area contributed by atoms with Gasteiger partial charge in [-0.25, -0.2) is 4.39 Å². The Morgan fingerprint density at radius 1 is 1.50 bits per heavy atom. The van der Waals surface area contributed by atoms with Gasteiger partial charge in [0.1, 0.15) is 0 Å². The van der Waals surface area contributed by atoms with Crippen LogP contribution in [0.2, 0.25) is 0 Å². The minimum atomic E-state index is -1.66. The number of nitrogens with one attached hydrogen (secondary N) is 1. The van der Waals surface area contributed by atoms with Gasteiger partial charge in [-0.15, -0.1) is 0 Å². The van der Waals surface area contributed by atoms with Crippen molar-refractivity contribution in [3.05, 3.63) is 0 Å². The van der Waals surface area contributed by atoms with Crippen LogP contribution in [0.3, 0.4) is 0 Å². The molecular weight excluding hydrogens is 183 g/mol. The largest absolute Gasteiger partial charge is 0.340 e. The molecule has 0 aromatic carbocycles. The second kappa shape index (κ2) is 4.73. The zero-order valence-electron chi connectivity index (χ0n) is 8.98. The number of amides is 1. The number of piperidine rings is 1. The molecule has 1 N–H and O–H groups in total. The lowest BCUT2D eigenvalue weighted by atomic mass is 9.94. The fraction of sp³-hybridized carbons (Fsp3) is 0.900. The van der Waals surface area contributed by atoms with Gasteiger partial charge in [-0.2, -0.15) is 0 Å². The molecule has 1 heterocycles. The molecule has 0 radical (unpaired) electrons. The Hall–Kier alpha value is -0.640. The van der Waals surface area contributed by atoms with Crippen molar-refractivity contribution < 1.29 is 9.18 Å². The van der Waals surface area contributed by atoms with E-state index in [-0.39, 0.29) is 12.5 Å². The summed E-state index contributed by atoms with van der Waals surface area (Å²) in [6.07, 6.45) is 1.10. The average molecular weight is 202 g/mol. The Kier molecular flexibility index (Phi) is 3.86. The molecule has 1 amide bonds. The third kappa shape index (κ3) is 2.23. The Labute approximate surface area is 84.7 Å². The first-order valence-corrected chi connectivity index (χ1v) is 5.33. The highest BCUT2D eigenvalue weighted by atomic mass is 19.1. The van der Waals surface area contributed by atoms with E-state index in [0.29, 0.717) is 19.5 Å². The van der Waals surface area contributed by atoms with E-state index >= 15 is 0 Å². The van der Waals surface area contributed by atoms with Crippen LogP contribution < -0.4 is 5.32 Å². The normalized spacial score (nSPS) is 27.4. The predicted molar refractivity (Wildman–Crippen MR) is 53.9 cm³/mol. The SMILES string of the molecule is CCN(CC)C(=O)C1(F)CCCNC1. The minimum absolute atomic E-state index is 0.169. The number of halogens is 1. The Bertz CT molecular complexity index is 198. The first-order valence-electron chi connectivity index (χ1n) is 5.33. The van der Waals surface area contributed by atoms with Crippen LogP contribution in [0.25, 0.3) is 0 Å². The van der Waals surface area contributed by atoms with Gasteiger partial charge in [0.2, 0.25) is 5.67 Å². The third-order valence-corrected chi connectivity index (χ3v) is 2.77. The molecule has 14 heavy (non-hydrogen) atoms. The molecule has 0 spiro atoms. The van der Waals surface area contributed by atoms with Gasteiger partial charge in [0, 0.05) is 19.6 Å². The van der Waals surface area contributed by atoms with Gasteiger partial charge in [-0.05, 0) is 33.2 Å². The maximum absolute atomic E-state index is 14.1. The molecule has 1 atom stereocenters. The Morgan fingerprint density at radius 2 is 2.14 bits per heavy atom. The summed E-state index contributed by atoms with van der Waals surface area (Å²) in [5, 5.41) is 2.94. The molecule has 0 saturated carbocycles. The van der Waals surface area contributed by atoms with Crippen molar-refractivity contribution in [1.82, 2.24) is 10.2 Å². The fourth-order valence-electron chi connectivity index (χ4n) is 1.85. The molecule has 0 aromatic heterocycles. The summed E-state index contributed by atoms with van der Waals surface area (Å²) in [6, 6.07) is 0. The summed E-state index contributed by atoms with van der Waals surface area (Å²) >= 11 is 0. The second-order valence-electron chi connectivity index (χ2n) is 3.72. The fourth-order valence-corrected chi connectivity index (χ4v) is 1.85. The van der Waals surface area contributed by atoms with Crippen LogP contribution in [0.1, 0.15) is 26.7 Å². The van der Waals surface area contributed by atoms with Crippen LogP contribution >= 0.6 is 0 Å². The number of alkyl halides is 1. The lowest BCUT2D eigenvalue weighted by Gasteiger charge is -2.33. The smallest absolute Gasteiger partial charge is 0.261 e. The topological polar surface area (TPSA) is 32.3 Å². The van der Waals surface area contributed by atoms with E-state index in [1.807, 2.05) is 13.8 Å². The van der Waals surface area contributed by atoms with E-state index in [0.717, 1.165) is 13.0 Å². The van der Waals surface area contributed by atoms with Crippen LogP contribution in [0.15, 0.2) is 0 Å². The summed E-state index contributed by atoms with van der Waals surface area (Å²) in [5.41, 5.74) is -1.66. The first-order chi connectivity index (χ1) is 6.64. The quantitative estimate of drug-likeness (QED) is 0.739. The molecule has 3 nitrogen and oxygen atoms in total. The van der Waals surface area contributed by atoms with Crippen molar-refractivity contribution in [2.45, 2.75) is 32.4 Å². The zero-order valence-corrected chi connectivity index (χ0v) is 8.98. The highest BCUT2D eigenvalue weighted by molar-refractivity contribution is 5.85. The van der Waals surface area contributed by atoms with Gasteiger partial charge in [-0.3, -0.25) is 4.79 Å². The molecule has 0 aliphatic carbocycles. The van der Waals surface area contributed by atoms with E-state index in [9.17, 15) is 9.18 Å². The highest BCUT2D eigenvalue weighted by Gasteiger charge is 2.41. The number of rotatable bonds is 3. The van der Waals surface area contributed by atoms with Gasteiger partial charge in [0.05, 0.1) is 0 Å². The number of nitrogens with zero attached hydrogens (tertiary/aromatic N) is 1. The molecule has 1 fully saturated rings. The van der Waals surface area contributed by atoms with E-state index in [1.165, 1.54) is 0 Å². The number of hydrogen-bond donors (Lipinski definition) is 1. The van der Waals surface area contributed by atoms with Crippen molar-refractivity contribution in [3.8, 4) is 0 Å². The maximum Gasteiger partial charge on any atom is 0.261 e. The van der Waals surface area contributed by atoms with Crippen molar-refractivity contribution in [2.24, 2.45) is 0 Å². The van der Waals surface area contributed by atoms with Gasteiger partial charge in [-0.1, -0.05) is 0 Å². The lowest BCUT2D eigenvalue weighted by Crippen LogP contribution is -2.54. The molecule has 1 aliphatic heterocycles. The van der Waals surface area contributed by atoms with Gasteiger partial charge in [0.25, 0.3) is 5.91 Å². The van der Waals surface area contributed by atoms with Gasteiger partial charge in [0.15, 0.2) is 0 Å². The minimum Gasteiger partial charge on any atom is -0.340 e. The predicted octanol–water partition coefficient (Wildman–Crippen LogP) is 0.946. The number of carbonyl (C=O) groups excluding carboxylic acids is 1. The molecular formula is C10H19FN2O. The van der Waals surface area contributed by atoms with Crippen molar-refractivity contribution in [1.29, 1.82) is 0 Å². The van der Waals surface area contributed by atoms with Crippen molar-refractivity contribution >= 4 is 5.91 Å². The van der Waals surface area contributed by atoms with Crippen LogP contribution in [0, 0.1) is 0 Å². The number of hydrogen-bond acceptors (Lipinski definition) is 2. The van der Waals surface area contributed by atoms with Crippen molar-refractivity contribution in [3.63, 3.8) is 0 Å². The Morgan fingerprint density at radius 3 is 2.57 bits per heavy atom. The van der Waals surface area contributed by atoms with Crippen LogP contribution in [-0.4, -0.2) is 42.7 Å². The molecule has 1 rings (SSSR count). The van der Waals surface area contributed by atoms with Gasteiger partial charge >= 0.3 is 0 Å². The molecule has 1 saturated heterocycles. The highest BCUT2D eigenvalue weighted by Crippen LogP contribution is 2.23. The zero-order chi connectivity index (χ0) is 10.6. The lowest BCUT2D eigenvalue weighted by molar-refractivity contribution is -0.144. The van der Waals surface area contributed by atoms with Crippen LogP contribution in [0.5, 0.6) is 0 Å². The van der Waals surface area contributed by atoms with E-state index in [2.05, 4.69) is 5.32 Å². The molecule has 4 heteroatoms. The first kappa shape index (κ1) is 11.4. The summed E-state index contributed by atoms with van der Waals surface area (Å²) in [5.74, 6) is -0.352. The van der Waals surface area contributed by atoms with Crippen LogP contribution in [-0.2, 0) is 4.79 Å². The summed E-state index contributed by atoms with van der Waals surface area (Å²) in [6.45, 7) is 5.91.